The van der Waals surface area contributed by atoms with Gasteiger partial charge in [-0.05, 0) is 31.2 Å². The molecule has 0 aliphatic rings. The van der Waals surface area contributed by atoms with Crippen molar-refractivity contribution in [2.75, 3.05) is 36.2 Å². The third-order valence-corrected chi connectivity index (χ3v) is 3.67. The molecule has 0 spiro atoms. The predicted octanol–water partition coefficient (Wildman–Crippen LogP) is 3.10. The molecular weight excluding hydrogens is 326 g/mol. The van der Waals surface area contributed by atoms with E-state index in [9.17, 15) is 13.6 Å². The number of nitrogens with one attached hydrogen (secondary N) is 2. The molecule has 2 aromatic rings. The predicted molar refractivity (Wildman–Crippen MR) is 96.8 cm³/mol. The van der Waals surface area contributed by atoms with Crippen LogP contribution in [0.4, 0.5) is 25.8 Å². The minimum absolute atomic E-state index is 0.0876. The van der Waals surface area contributed by atoms with Crippen LogP contribution in [0.2, 0.25) is 0 Å². The first-order chi connectivity index (χ1) is 11.8. The summed E-state index contributed by atoms with van der Waals surface area (Å²) >= 11 is 0. The van der Waals surface area contributed by atoms with Crippen LogP contribution >= 0.6 is 0 Å². The molecule has 1 atom stereocenters. The van der Waals surface area contributed by atoms with Gasteiger partial charge in [0.15, 0.2) is 11.6 Å². The van der Waals surface area contributed by atoms with E-state index in [1.807, 2.05) is 38.1 Å². The summed E-state index contributed by atoms with van der Waals surface area (Å²) in [5.74, 6) is -2.22. The standard InChI is InChI=1S/C18H22F2N4O/c1-11(21)18-15(5-4-6-16(18)24(2)3)23-17(25)10-22-12-7-8-13(19)14(20)9-12/h4-9,11,22H,10,21H2,1-3H3,(H,23,25). The maximum Gasteiger partial charge on any atom is 0.243 e. The molecule has 4 N–H and O–H groups in total. The zero-order valence-electron chi connectivity index (χ0n) is 14.4. The van der Waals surface area contributed by atoms with Crippen LogP contribution in [0.15, 0.2) is 36.4 Å². The summed E-state index contributed by atoms with van der Waals surface area (Å²) in [4.78, 5) is 14.1. The molecule has 0 bridgehead atoms. The quantitative estimate of drug-likeness (QED) is 0.750. The molecule has 0 aromatic heterocycles. The van der Waals surface area contributed by atoms with Crippen molar-refractivity contribution in [3.63, 3.8) is 0 Å². The van der Waals surface area contributed by atoms with Crippen LogP contribution in [0.3, 0.4) is 0 Å². The number of rotatable bonds is 6. The van der Waals surface area contributed by atoms with Gasteiger partial charge >= 0.3 is 0 Å². The monoisotopic (exact) mass is 348 g/mol. The molecule has 0 aliphatic carbocycles. The molecular formula is C18H22F2N4O. The van der Waals surface area contributed by atoms with Crippen LogP contribution in [-0.4, -0.2) is 26.5 Å². The van der Waals surface area contributed by atoms with E-state index in [1.54, 1.807) is 6.07 Å². The van der Waals surface area contributed by atoms with Crippen molar-refractivity contribution in [1.82, 2.24) is 0 Å². The Bertz CT molecular complexity index is 763. The van der Waals surface area contributed by atoms with Crippen LogP contribution in [0.25, 0.3) is 0 Å². The zero-order valence-corrected chi connectivity index (χ0v) is 14.4. The minimum atomic E-state index is -0.969. The lowest BCUT2D eigenvalue weighted by atomic mass is 10.0. The van der Waals surface area contributed by atoms with Crippen LogP contribution in [0.5, 0.6) is 0 Å². The number of nitrogens with two attached hydrogens (primary N) is 1. The van der Waals surface area contributed by atoms with E-state index in [4.69, 9.17) is 5.73 Å². The van der Waals surface area contributed by atoms with Crippen molar-refractivity contribution in [1.29, 1.82) is 0 Å². The van der Waals surface area contributed by atoms with Crippen LogP contribution < -0.4 is 21.3 Å². The number of amides is 1. The Balaban J connectivity index is 2.10. The Morgan fingerprint density at radius 2 is 1.92 bits per heavy atom. The summed E-state index contributed by atoms with van der Waals surface area (Å²) in [5, 5.41) is 5.57. The van der Waals surface area contributed by atoms with Crippen molar-refractivity contribution < 1.29 is 13.6 Å². The first-order valence-corrected chi connectivity index (χ1v) is 7.84. The number of carbonyl (C=O) groups excluding carboxylic acids is 1. The van der Waals surface area contributed by atoms with Gasteiger partial charge in [-0.1, -0.05) is 6.07 Å². The maximum atomic E-state index is 13.2. The average Bonchev–Trinajstić information content (AvgIpc) is 2.55. The molecule has 2 rings (SSSR count). The average molecular weight is 348 g/mol. The molecule has 0 saturated heterocycles. The van der Waals surface area contributed by atoms with Gasteiger partial charge in [0.25, 0.3) is 0 Å². The number of hydrogen-bond acceptors (Lipinski definition) is 4. The molecule has 2 aromatic carbocycles. The number of halogens is 2. The van der Waals surface area contributed by atoms with Crippen molar-refractivity contribution in [2.24, 2.45) is 5.73 Å². The number of hydrogen-bond donors (Lipinski definition) is 3. The molecule has 0 heterocycles. The molecule has 0 fully saturated rings. The van der Waals surface area contributed by atoms with E-state index in [0.29, 0.717) is 11.4 Å². The molecule has 1 amide bonds. The summed E-state index contributed by atoms with van der Waals surface area (Å²) in [7, 11) is 3.80. The number of anilines is 3. The van der Waals surface area contributed by atoms with Gasteiger partial charge in [0.05, 0.1) is 6.54 Å². The van der Waals surface area contributed by atoms with Crippen LogP contribution in [0, 0.1) is 11.6 Å². The van der Waals surface area contributed by atoms with E-state index >= 15 is 0 Å². The molecule has 1 unspecified atom stereocenters. The van der Waals surface area contributed by atoms with Gasteiger partial charge in [0.1, 0.15) is 0 Å². The minimum Gasteiger partial charge on any atom is -0.377 e. The highest BCUT2D eigenvalue weighted by atomic mass is 19.2. The van der Waals surface area contributed by atoms with Crippen molar-refractivity contribution in [3.8, 4) is 0 Å². The Kier molecular flexibility index (Phi) is 5.93. The van der Waals surface area contributed by atoms with Gasteiger partial charge in [0, 0.05) is 48.8 Å². The summed E-state index contributed by atoms with van der Waals surface area (Å²) in [5.41, 5.74) is 8.75. The lowest BCUT2D eigenvalue weighted by molar-refractivity contribution is -0.114. The lowest BCUT2D eigenvalue weighted by Gasteiger charge is -2.23. The highest BCUT2D eigenvalue weighted by Crippen LogP contribution is 2.31. The van der Waals surface area contributed by atoms with Gasteiger partial charge in [-0.2, -0.15) is 0 Å². The summed E-state index contributed by atoms with van der Waals surface area (Å²) in [6, 6.07) is 8.64. The number of benzene rings is 2. The van der Waals surface area contributed by atoms with E-state index < -0.39 is 11.6 Å². The van der Waals surface area contributed by atoms with E-state index in [2.05, 4.69) is 10.6 Å². The van der Waals surface area contributed by atoms with Gasteiger partial charge < -0.3 is 21.3 Å². The Morgan fingerprint density at radius 3 is 2.52 bits per heavy atom. The maximum absolute atomic E-state index is 13.2. The number of carbonyl (C=O) groups is 1. The number of nitrogens with zero attached hydrogens (tertiary/aromatic N) is 1. The van der Waals surface area contributed by atoms with Crippen molar-refractivity contribution in [3.05, 3.63) is 53.6 Å². The van der Waals surface area contributed by atoms with E-state index in [0.717, 1.165) is 23.4 Å². The SMILES string of the molecule is CC(N)c1c(NC(=O)CNc2ccc(F)c(F)c2)cccc1N(C)C. The lowest BCUT2D eigenvalue weighted by Crippen LogP contribution is -2.24. The van der Waals surface area contributed by atoms with E-state index in [1.165, 1.54) is 6.07 Å². The van der Waals surface area contributed by atoms with Gasteiger partial charge in [-0.15, -0.1) is 0 Å². The topological polar surface area (TPSA) is 70.4 Å². The highest BCUT2D eigenvalue weighted by molar-refractivity contribution is 5.95. The summed E-state index contributed by atoms with van der Waals surface area (Å²) in [6.45, 7) is 1.76. The molecule has 7 heteroatoms. The van der Waals surface area contributed by atoms with Gasteiger partial charge in [0.2, 0.25) is 5.91 Å². The highest BCUT2D eigenvalue weighted by Gasteiger charge is 2.15. The summed E-state index contributed by atoms with van der Waals surface area (Å²) < 4.78 is 26.1. The largest absolute Gasteiger partial charge is 0.377 e. The van der Waals surface area contributed by atoms with Crippen molar-refractivity contribution >= 4 is 23.0 Å². The Morgan fingerprint density at radius 1 is 1.20 bits per heavy atom. The van der Waals surface area contributed by atoms with E-state index in [-0.39, 0.29) is 18.5 Å². The Labute approximate surface area is 145 Å². The molecule has 0 aliphatic heterocycles. The van der Waals surface area contributed by atoms with Crippen molar-refractivity contribution in [2.45, 2.75) is 13.0 Å². The second-order valence-electron chi connectivity index (χ2n) is 5.95. The zero-order chi connectivity index (χ0) is 18.6. The van der Waals surface area contributed by atoms with Gasteiger partial charge in [-0.25, -0.2) is 8.78 Å². The second kappa shape index (κ2) is 7.94. The third-order valence-electron chi connectivity index (χ3n) is 3.67. The van der Waals surface area contributed by atoms with Crippen LogP contribution in [0.1, 0.15) is 18.5 Å². The Hall–Kier alpha value is -2.67. The summed E-state index contributed by atoms with van der Waals surface area (Å²) in [6.07, 6.45) is 0. The fraction of sp³-hybridized carbons (Fsp3) is 0.278. The first kappa shape index (κ1) is 18.7. The van der Waals surface area contributed by atoms with Gasteiger partial charge in [-0.3, -0.25) is 4.79 Å². The molecule has 134 valence electrons. The molecule has 0 saturated carbocycles. The molecule has 0 radical (unpaired) electrons. The molecule has 5 nitrogen and oxygen atoms in total. The fourth-order valence-electron chi connectivity index (χ4n) is 2.51. The normalized spacial score (nSPS) is 11.8. The second-order valence-corrected chi connectivity index (χ2v) is 5.95. The smallest absolute Gasteiger partial charge is 0.243 e. The van der Waals surface area contributed by atoms with Crippen LogP contribution in [-0.2, 0) is 4.79 Å². The first-order valence-electron chi connectivity index (χ1n) is 7.84. The third kappa shape index (κ3) is 4.67. The molecule has 25 heavy (non-hydrogen) atoms. The fourth-order valence-corrected chi connectivity index (χ4v) is 2.51.